The summed E-state index contributed by atoms with van der Waals surface area (Å²) in [5, 5.41) is 8.93. The predicted molar refractivity (Wildman–Crippen MR) is 58.3 cm³/mol. The van der Waals surface area contributed by atoms with Crippen LogP contribution < -0.4 is 5.73 Å². The molecule has 1 aromatic rings. The third-order valence-electron chi connectivity index (χ3n) is 2.14. The second-order valence-corrected chi connectivity index (χ2v) is 4.04. The summed E-state index contributed by atoms with van der Waals surface area (Å²) in [6.45, 7) is 2.00. The van der Waals surface area contributed by atoms with E-state index in [1.165, 1.54) is 0 Å². The molecule has 0 amide bonds. The minimum atomic E-state index is -0.877. The largest absolute Gasteiger partial charge is 0.481 e. The lowest BCUT2D eigenvalue weighted by Gasteiger charge is -2.13. The van der Waals surface area contributed by atoms with Gasteiger partial charge >= 0.3 is 5.97 Å². The fourth-order valence-electron chi connectivity index (χ4n) is 1.39. The zero-order valence-corrected chi connectivity index (χ0v) is 9.41. The third-order valence-corrected chi connectivity index (χ3v) is 2.63. The van der Waals surface area contributed by atoms with E-state index in [0.29, 0.717) is 0 Å². The molecule has 0 saturated heterocycles. The summed E-state index contributed by atoms with van der Waals surface area (Å²) in [6, 6.07) is 5.51. The number of hydrogen-bond acceptors (Lipinski definition) is 2. The monoisotopic (exact) mass is 257 g/mol. The molecule has 14 heavy (non-hydrogen) atoms. The first-order valence-corrected chi connectivity index (χ1v) is 5.04. The Labute approximate surface area is 91.1 Å². The molecule has 3 N–H and O–H groups in total. The van der Waals surface area contributed by atoms with E-state index < -0.39 is 11.9 Å². The zero-order valence-electron chi connectivity index (χ0n) is 7.83. The van der Waals surface area contributed by atoms with Gasteiger partial charge in [-0.2, -0.15) is 0 Å². The van der Waals surface area contributed by atoms with Gasteiger partial charge in [-0.05, 0) is 30.2 Å². The number of rotatable bonds is 3. The Balaban J connectivity index is 3.10. The van der Waals surface area contributed by atoms with Crippen LogP contribution in [0.3, 0.4) is 0 Å². The topological polar surface area (TPSA) is 63.3 Å². The minimum Gasteiger partial charge on any atom is -0.481 e. The zero-order chi connectivity index (χ0) is 10.7. The second kappa shape index (κ2) is 4.57. The van der Waals surface area contributed by atoms with Crippen molar-refractivity contribution in [2.45, 2.75) is 12.8 Å². The van der Waals surface area contributed by atoms with Crippen LogP contribution in [0.2, 0.25) is 0 Å². The molecule has 0 aliphatic heterocycles. The number of carboxylic acid groups (broad SMARTS) is 1. The normalized spacial score (nSPS) is 12.5. The van der Waals surface area contributed by atoms with Crippen LogP contribution in [0.5, 0.6) is 0 Å². The van der Waals surface area contributed by atoms with Gasteiger partial charge in [0.25, 0.3) is 0 Å². The lowest BCUT2D eigenvalue weighted by molar-refractivity contribution is -0.138. The smallest absolute Gasteiger partial charge is 0.312 e. The highest BCUT2D eigenvalue weighted by atomic mass is 79.9. The third kappa shape index (κ3) is 2.33. The number of carboxylic acids is 1. The Bertz CT molecular complexity index is 352. The summed E-state index contributed by atoms with van der Waals surface area (Å²) in [5.41, 5.74) is 7.14. The summed E-state index contributed by atoms with van der Waals surface area (Å²) in [4.78, 5) is 10.9. The average molecular weight is 258 g/mol. The number of carbonyl (C=O) groups is 1. The molecule has 1 atom stereocenters. The Morgan fingerprint density at radius 3 is 2.71 bits per heavy atom. The Hall–Kier alpha value is -0.870. The molecule has 0 saturated carbocycles. The lowest BCUT2D eigenvalue weighted by Crippen LogP contribution is -2.21. The van der Waals surface area contributed by atoms with Gasteiger partial charge in [0, 0.05) is 11.0 Å². The SMILES string of the molecule is Cc1cc(Br)ccc1C(CN)C(=O)O. The molecule has 1 aromatic carbocycles. The maximum absolute atomic E-state index is 10.9. The van der Waals surface area contributed by atoms with Gasteiger partial charge in [0.1, 0.15) is 0 Å². The van der Waals surface area contributed by atoms with Gasteiger partial charge in [-0.25, -0.2) is 0 Å². The van der Waals surface area contributed by atoms with Crippen LogP contribution in [0.1, 0.15) is 17.0 Å². The van der Waals surface area contributed by atoms with E-state index in [0.717, 1.165) is 15.6 Å². The van der Waals surface area contributed by atoms with Gasteiger partial charge in [0.2, 0.25) is 0 Å². The molecule has 76 valence electrons. The minimum absolute atomic E-state index is 0.123. The molecule has 0 bridgehead atoms. The second-order valence-electron chi connectivity index (χ2n) is 3.13. The van der Waals surface area contributed by atoms with Crippen LogP contribution in [0.15, 0.2) is 22.7 Å². The van der Waals surface area contributed by atoms with Crippen LogP contribution in [0.25, 0.3) is 0 Å². The number of hydrogen-bond donors (Lipinski definition) is 2. The van der Waals surface area contributed by atoms with Crippen molar-refractivity contribution in [3.63, 3.8) is 0 Å². The Morgan fingerprint density at radius 2 is 2.29 bits per heavy atom. The molecule has 0 aliphatic rings. The van der Waals surface area contributed by atoms with Gasteiger partial charge < -0.3 is 10.8 Å². The molecule has 0 aliphatic carbocycles. The number of aryl methyl sites for hydroxylation is 1. The van der Waals surface area contributed by atoms with Crippen LogP contribution in [-0.4, -0.2) is 17.6 Å². The summed E-state index contributed by atoms with van der Waals surface area (Å²) >= 11 is 3.33. The summed E-state index contributed by atoms with van der Waals surface area (Å²) < 4.78 is 0.944. The fourth-order valence-corrected chi connectivity index (χ4v) is 1.87. The number of aliphatic carboxylic acids is 1. The molecule has 0 radical (unpaired) electrons. The number of benzene rings is 1. The molecule has 0 fully saturated rings. The molecule has 1 rings (SSSR count). The number of nitrogens with two attached hydrogens (primary N) is 1. The van der Waals surface area contributed by atoms with Crippen LogP contribution in [0.4, 0.5) is 0 Å². The van der Waals surface area contributed by atoms with Crippen LogP contribution in [-0.2, 0) is 4.79 Å². The number of halogens is 1. The highest BCUT2D eigenvalue weighted by molar-refractivity contribution is 9.10. The van der Waals surface area contributed by atoms with Crippen molar-refractivity contribution in [1.29, 1.82) is 0 Å². The predicted octanol–water partition coefficient (Wildman–Crippen LogP) is 1.88. The quantitative estimate of drug-likeness (QED) is 0.870. The molecule has 1 unspecified atom stereocenters. The van der Waals surface area contributed by atoms with Crippen molar-refractivity contribution >= 4 is 21.9 Å². The standard InChI is InChI=1S/C10H12BrNO2/c1-6-4-7(11)2-3-8(6)9(5-12)10(13)14/h2-4,9H,5,12H2,1H3,(H,13,14). The van der Waals surface area contributed by atoms with Crippen molar-refractivity contribution in [2.24, 2.45) is 5.73 Å². The summed E-state index contributed by atoms with van der Waals surface area (Å²) in [6.07, 6.45) is 0. The van der Waals surface area contributed by atoms with Crippen molar-refractivity contribution < 1.29 is 9.90 Å². The van der Waals surface area contributed by atoms with E-state index >= 15 is 0 Å². The molecular formula is C10H12BrNO2. The van der Waals surface area contributed by atoms with Crippen molar-refractivity contribution in [3.05, 3.63) is 33.8 Å². The first-order chi connectivity index (χ1) is 6.56. The van der Waals surface area contributed by atoms with E-state index in [9.17, 15) is 4.79 Å². The van der Waals surface area contributed by atoms with E-state index in [4.69, 9.17) is 10.8 Å². The highest BCUT2D eigenvalue weighted by Crippen LogP contribution is 2.22. The molecule has 0 spiro atoms. The van der Waals surface area contributed by atoms with Gasteiger partial charge in [0.15, 0.2) is 0 Å². The van der Waals surface area contributed by atoms with E-state index in [2.05, 4.69) is 15.9 Å². The first kappa shape index (κ1) is 11.2. The molecule has 0 heterocycles. The lowest BCUT2D eigenvalue weighted by atomic mass is 9.95. The van der Waals surface area contributed by atoms with Crippen molar-refractivity contribution in [1.82, 2.24) is 0 Å². The summed E-state index contributed by atoms with van der Waals surface area (Å²) in [5.74, 6) is -1.49. The van der Waals surface area contributed by atoms with Crippen LogP contribution in [0, 0.1) is 6.92 Å². The molecule has 0 aromatic heterocycles. The Kier molecular flexibility index (Phi) is 3.66. The maximum atomic E-state index is 10.9. The first-order valence-electron chi connectivity index (χ1n) is 4.25. The van der Waals surface area contributed by atoms with E-state index in [-0.39, 0.29) is 6.54 Å². The average Bonchev–Trinajstić information content (AvgIpc) is 2.09. The Morgan fingerprint density at radius 1 is 1.64 bits per heavy atom. The van der Waals surface area contributed by atoms with Gasteiger partial charge in [0.05, 0.1) is 5.92 Å². The summed E-state index contributed by atoms with van der Waals surface area (Å²) in [7, 11) is 0. The molecule has 3 nitrogen and oxygen atoms in total. The molecule has 4 heteroatoms. The fraction of sp³-hybridized carbons (Fsp3) is 0.300. The van der Waals surface area contributed by atoms with Crippen LogP contribution >= 0.6 is 15.9 Å². The van der Waals surface area contributed by atoms with E-state index in [1.54, 1.807) is 6.07 Å². The van der Waals surface area contributed by atoms with Gasteiger partial charge in [-0.1, -0.05) is 22.0 Å². The molecular weight excluding hydrogens is 246 g/mol. The van der Waals surface area contributed by atoms with E-state index in [1.807, 2.05) is 19.1 Å². The van der Waals surface area contributed by atoms with Gasteiger partial charge in [-0.3, -0.25) is 4.79 Å². The van der Waals surface area contributed by atoms with Crippen molar-refractivity contribution in [3.8, 4) is 0 Å². The highest BCUT2D eigenvalue weighted by Gasteiger charge is 2.19. The van der Waals surface area contributed by atoms with Crippen molar-refractivity contribution in [2.75, 3.05) is 6.54 Å². The van der Waals surface area contributed by atoms with Gasteiger partial charge in [-0.15, -0.1) is 0 Å². The maximum Gasteiger partial charge on any atom is 0.312 e.